The molecule has 0 bridgehead atoms. The number of fused-ring (bicyclic) bond motifs is 1. The molecule has 36 heavy (non-hydrogen) atoms. The van der Waals surface area contributed by atoms with E-state index >= 15 is 0 Å². The summed E-state index contributed by atoms with van der Waals surface area (Å²) in [5.74, 6) is -6.54. The number of halogens is 5. The second-order valence-corrected chi connectivity index (χ2v) is 8.70. The van der Waals surface area contributed by atoms with Crippen LogP contribution in [0.2, 0.25) is 0 Å². The maximum Gasteiger partial charge on any atom is 0.573 e. The van der Waals surface area contributed by atoms with Crippen LogP contribution in [0, 0.1) is 6.92 Å². The Labute approximate surface area is 202 Å². The van der Waals surface area contributed by atoms with Gasteiger partial charge in [0.05, 0.1) is 6.04 Å². The fourth-order valence-corrected chi connectivity index (χ4v) is 4.39. The van der Waals surface area contributed by atoms with Crippen LogP contribution in [-0.2, 0) is 28.6 Å². The Balaban J connectivity index is 1.41. The van der Waals surface area contributed by atoms with E-state index in [0.29, 0.717) is 42.6 Å². The third-order valence-electron chi connectivity index (χ3n) is 6.19. The Morgan fingerprint density at radius 2 is 1.89 bits per heavy atom. The van der Waals surface area contributed by atoms with Gasteiger partial charge in [-0.2, -0.15) is 8.78 Å². The van der Waals surface area contributed by atoms with Gasteiger partial charge < -0.3 is 20.3 Å². The summed E-state index contributed by atoms with van der Waals surface area (Å²) in [6, 6.07) is 6.86. The summed E-state index contributed by atoms with van der Waals surface area (Å²) >= 11 is 0. The van der Waals surface area contributed by atoms with Crippen molar-refractivity contribution in [3.05, 3.63) is 64.2 Å². The summed E-state index contributed by atoms with van der Waals surface area (Å²) in [7, 11) is 0. The molecule has 1 atom stereocenters. The van der Waals surface area contributed by atoms with Crippen molar-refractivity contribution in [1.82, 2.24) is 15.5 Å². The van der Waals surface area contributed by atoms with Gasteiger partial charge in [0.1, 0.15) is 5.75 Å². The predicted octanol–water partition coefficient (Wildman–Crippen LogP) is 3.54. The van der Waals surface area contributed by atoms with Crippen LogP contribution < -0.4 is 15.4 Å². The first-order valence-corrected chi connectivity index (χ1v) is 11.1. The van der Waals surface area contributed by atoms with E-state index in [1.165, 1.54) is 0 Å². The molecule has 2 N–H and O–H groups in total. The summed E-state index contributed by atoms with van der Waals surface area (Å²) < 4.78 is 70.4. The lowest BCUT2D eigenvalue weighted by atomic mass is 10.0. The van der Waals surface area contributed by atoms with Crippen molar-refractivity contribution in [1.29, 1.82) is 0 Å². The first-order chi connectivity index (χ1) is 16.8. The number of piperidine rings is 1. The van der Waals surface area contributed by atoms with Gasteiger partial charge >= 0.3 is 12.3 Å². The summed E-state index contributed by atoms with van der Waals surface area (Å²) in [5.41, 5.74) is 0.668. The normalized spacial score (nSPS) is 18.1. The van der Waals surface area contributed by atoms with Crippen LogP contribution >= 0.6 is 0 Å². The largest absolute Gasteiger partial charge is 0.573 e. The zero-order valence-corrected chi connectivity index (χ0v) is 19.0. The van der Waals surface area contributed by atoms with Crippen LogP contribution in [0.3, 0.4) is 0 Å². The molecule has 7 nitrogen and oxygen atoms in total. The highest BCUT2D eigenvalue weighted by Crippen LogP contribution is 2.34. The Hall–Kier alpha value is -3.70. The Morgan fingerprint density at radius 1 is 1.14 bits per heavy atom. The number of amides is 3. The summed E-state index contributed by atoms with van der Waals surface area (Å²) in [4.78, 5) is 38.1. The van der Waals surface area contributed by atoms with Crippen LogP contribution in [0.15, 0.2) is 36.4 Å². The second-order valence-electron chi connectivity index (χ2n) is 8.70. The molecular weight excluding hydrogens is 489 g/mol. The molecular formula is C24H22F5N3O4. The smallest absolute Gasteiger partial charge is 0.406 e. The number of carbonyl (C=O) groups is 3. The Kier molecular flexibility index (Phi) is 6.63. The van der Waals surface area contributed by atoms with E-state index in [1.54, 1.807) is 23.1 Å². The lowest BCUT2D eigenvalue weighted by Gasteiger charge is -2.31. The molecule has 1 fully saturated rings. The summed E-state index contributed by atoms with van der Waals surface area (Å²) in [6.45, 7) is 1.57. The van der Waals surface area contributed by atoms with Gasteiger partial charge in [-0.3, -0.25) is 14.4 Å². The van der Waals surface area contributed by atoms with Crippen molar-refractivity contribution < 1.29 is 41.1 Å². The number of nitrogens with zero attached hydrogens (tertiary/aromatic N) is 1. The Bertz CT molecular complexity index is 1200. The van der Waals surface area contributed by atoms with E-state index in [0.717, 1.165) is 25.1 Å². The van der Waals surface area contributed by atoms with Gasteiger partial charge in [0.2, 0.25) is 5.91 Å². The van der Waals surface area contributed by atoms with Gasteiger partial charge in [-0.15, -0.1) is 13.2 Å². The Morgan fingerprint density at radius 3 is 2.53 bits per heavy atom. The van der Waals surface area contributed by atoms with Crippen LogP contribution in [0.1, 0.15) is 45.5 Å². The van der Waals surface area contributed by atoms with Crippen LogP contribution in [0.4, 0.5) is 22.0 Å². The third-order valence-corrected chi connectivity index (χ3v) is 6.19. The molecule has 2 aromatic rings. The monoisotopic (exact) mass is 511 g/mol. The molecule has 2 aliphatic heterocycles. The number of rotatable bonds is 6. The van der Waals surface area contributed by atoms with Crippen LogP contribution in [-0.4, -0.2) is 41.6 Å². The van der Waals surface area contributed by atoms with Crippen molar-refractivity contribution in [2.75, 3.05) is 6.54 Å². The van der Waals surface area contributed by atoms with Crippen molar-refractivity contribution in [3.63, 3.8) is 0 Å². The average molecular weight is 511 g/mol. The van der Waals surface area contributed by atoms with E-state index in [4.69, 9.17) is 0 Å². The standard InChI is InChI=1S/C24H22F5N3O4/c1-13-8-17(36-24(27,28)29)4-6-19(13)23(25,26)22(35)31-10-14-2-5-18-15(9-14)12-32(21(18)34)16-3-7-20(33)30-11-16/h2,4-6,8-9,16H,3,7,10-12H2,1H3,(H,30,33)(H,31,35). The van der Waals surface area contributed by atoms with E-state index in [9.17, 15) is 36.3 Å². The highest BCUT2D eigenvalue weighted by molar-refractivity contribution is 5.98. The number of hydrogen-bond acceptors (Lipinski definition) is 4. The van der Waals surface area contributed by atoms with Crippen LogP contribution in [0.5, 0.6) is 5.75 Å². The summed E-state index contributed by atoms with van der Waals surface area (Å²) in [6.07, 6.45) is -4.10. The number of alkyl halides is 5. The number of hydrogen-bond donors (Lipinski definition) is 2. The molecule has 0 spiro atoms. The molecule has 4 rings (SSSR count). The summed E-state index contributed by atoms with van der Waals surface area (Å²) in [5, 5.41) is 4.89. The van der Waals surface area contributed by atoms with Crippen molar-refractivity contribution >= 4 is 17.7 Å². The van der Waals surface area contributed by atoms with Crippen molar-refractivity contribution in [2.45, 2.75) is 51.2 Å². The molecule has 0 aliphatic carbocycles. The molecule has 2 aromatic carbocycles. The van der Waals surface area contributed by atoms with E-state index < -0.39 is 29.5 Å². The molecule has 2 heterocycles. The van der Waals surface area contributed by atoms with Gasteiger partial charge in [0.25, 0.3) is 11.8 Å². The highest BCUT2D eigenvalue weighted by Gasteiger charge is 2.42. The molecule has 3 amide bonds. The van der Waals surface area contributed by atoms with Crippen molar-refractivity contribution in [3.8, 4) is 5.75 Å². The lowest BCUT2D eigenvalue weighted by Crippen LogP contribution is -2.48. The van der Waals surface area contributed by atoms with Gasteiger partial charge in [-0.25, -0.2) is 0 Å². The minimum absolute atomic E-state index is 0.0639. The van der Waals surface area contributed by atoms with Crippen LogP contribution in [0.25, 0.3) is 0 Å². The number of nitrogens with one attached hydrogen (secondary N) is 2. The topological polar surface area (TPSA) is 87.7 Å². The molecule has 0 aromatic heterocycles. The average Bonchev–Trinajstić information content (AvgIpc) is 3.12. The second kappa shape index (κ2) is 9.40. The maximum absolute atomic E-state index is 14.8. The van der Waals surface area contributed by atoms with E-state index in [1.807, 2.05) is 0 Å². The molecule has 1 saturated heterocycles. The minimum atomic E-state index is -4.97. The highest BCUT2D eigenvalue weighted by atomic mass is 19.4. The number of ether oxygens (including phenoxy) is 1. The fraction of sp³-hybridized carbons (Fsp3) is 0.375. The van der Waals surface area contributed by atoms with Gasteiger partial charge in [-0.1, -0.05) is 12.1 Å². The first kappa shape index (κ1) is 25.4. The minimum Gasteiger partial charge on any atom is -0.406 e. The quantitative estimate of drug-likeness (QED) is 0.581. The van der Waals surface area contributed by atoms with Gasteiger partial charge in [0, 0.05) is 37.2 Å². The first-order valence-electron chi connectivity index (χ1n) is 11.1. The van der Waals surface area contributed by atoms with E-state index in [2.05, 4.69) is 15.4 Å². The fourth-order valence-electron chi connectivity index (χ4n) is 4.39. The number of aryl methyl sites for hydroxylation is 1. The SMILES string of the molecule is Cc1cc(OC(F)(F)F)ccc1C(F)(F)C(=O)NCc1ccc2c(c1)CN(C1CCC(=O)NC1)C2=O. The van der Waals surface area contributed by atoms with E-state index in [-0.39, 0.29) is 30.0 Å². The molecule has 0 saturated carbocycles. The lowest BCUT2D eigenvalue weighted by molar-refractivity contribution is -0.274. The molecule has 2 aliphatic rings. The third kappa shape index (κ3) is 5.26. The number of benzene rings is 2. The zero-order valence-electron chi connectivity index (χ0n) is 19.0. The molecule has 192 valence electrons. The molecule has 12 heteroatoms. The van der Waals surface area contributed by atoms with Gasteiger partial charge in [-0.05, 0) is 54.3 Å². The molecule has 1 unspecified atom stereocenters. The number of carbonyl (C=O) groups excluding carboxylic acids is 3. The zero-order chi connectivity index (χ0) is 26.3. The van der Waals surface area contributed by atoms with Crippen molar-refractivity contribution in [2.24, 2.45) is 0 Å². The molecule has 0 radical (unpaired) electrons. The maximum atomic E-state index is 14.8. The predicted molar refractivity (Wildman–Crippen MR) is 116 cm³/mol. The van der Waals surface area contributed by atoms with Gasteiger partial charge in [0.15, 0.2) is 0 Å².